The van der Waals surface area contributed by atoms with Crippen LogP contribution in [-0.4, -0.2) is 34.1 Å². The Morgan fingerprint density at radius 1 is 1.32 bits per heavy atom. The van der Waals surface area contributed by atoms with E-state index < -0.39 is 36.1 Å². The molecule has 1 aromatic carbocycles. The molecule has 102 valence electrons. The van der Waals surface area contributed by atoms with Crippen LogP contribution in [0.1, 0.15) is 16.8 Å². The summed E-state index contributed by atoms with van der Waals surface area (Å²) in [5.41, 5.74) is -0.369. The number of nitrogens with one attached hydrogen (secondary N) is 1. The Labute approximate surface area is 115 Å². The molecule has 0 aromatic heterocycles. The fraction of sp³-hybridized carbons (Fsp3) is 0.182. The number of carbonyl (C=O) groups excluding carboxylic acids is 1. The summed E-state index contributed by atoms with van der Waals surface area (Å²) in [6, 6.07) is 1.96. The number of halogens is 2. The maximum Gasteiger partial charge on any atom is 0.326 e. The number of rotatable bonds is 5. The lowest BCUT2D eigenvalue weighted by atomic mass is 10.1. The normalized spacial score (nSPS) is 11.7. The number of carboxylic acid groups (broad SMARTS) is 2. The van der Waals surface area contributed by atoms with Gasteiger partial charge in [0.2, 0.25) is 0 Å². The number of carbonyl (C=O) groups is 3. The van der Waals surface area contributed by atoms with Crippen molar-refractivity contribution in [3.8, 4) is 0 Å². The summed E-state index contributed by atoms with van der Waals surface area (Å²) in [5.74, 6) is -4.72. The number of carboxylic acids is 2. The van der Waals surface area contributed by atoms with Crippen LogP contribution in [0.25, 0.3) is 0 Å². The van der Waals surface area contributed by atoms with Gasteiger partial charge in [0.15, 0.2) is 0 Å². The van der Waals surface area contributed by atoms with Gasteiger partial charge in [-0.3, -0.25) is 9.59 Å². The van der Waals surface area contributed by atoms with E-state index in [2.05, 4.69) is 15.9 Å². The maximum atomic E-state index is 13.4. The van der Waals surface area contributed by atoms with E-state index in [1.807, 2.05) is 5.32 Å². The quantitative estimate of drug-likeness (QED) is 0.752. The van der Waals surface area contributed by atoms with Crippen LogP contribution >= 0.6 is 15.9 Å². The first-order chi connectivity index (χ1) is 8.81. The van der Waals surface area contributed by atoms with Crippen LogP contribution in [0.3, 0.4) is 0 Å². The molecule has 0 aliphatic heterocycles. The molecule has 1 atom stereocenters. The van der Waals surface area contributed by atoms with Crippen molar-refractivity contribution in [3.05, 3.63) is 34.1 Å². The first-order valence-electron chi connectivity index (χ1n) is 5.01. The zero-order valence-corrected chi connectivity index (χ0v) is 11.0. The minimum absolute atomic E-state index is 0.369. The maximum absolute atomic E-state index is 13.4. The van der Waals surface area contributed by atoms with E-state index in [0.717, 1.165) is 6.07 Å². The lowest BCUT2D eigenvalue weighted by Crippen LogP contribution is -2.42. The Bertz CT molecular complexity index is 534. The Morgan fingerprint density at radius 2 is 1.95 bits per heavy atom. The van der Waals surface area contributed by atoms with Crippen LogP contribution in [0.5, 0.6) is 0 Å². The first-order valence-corrected chi connectivity index (χ1v) is 5.81. The van der Waals surface area contributed by atoms with Crippen molar-refractivity contribution in [2.45, 2.75) is 12.5 Å². The zero-order chi connectivity index (χ0) is 14.6. The van der Waals surface area contributed by atoms with Gasteiger partial charge in [0.1, 0.15) is 11.9 Å². The number of aliphatic carboxylic acids is 2. The second kappa shape index (κ2) is 6.28. The molecule has 0 heterocycles. The van der Waals surface area contributed by atoms with Crippen molar-refractivity contribution in [1.29, 1.82) is 0 Å². The van der Waals surface area contributed by atoms with Crippen LogP contribution < -0.4 is 5.32 Å². The molecule has 0 radical (unpaired) electrons. The Hall–Kier alpha value is -1.96. The fourth-order valence-corrected chi connectivity index (χ4v) is 1.64. The largest absolute Gasteiger partial charge is 0.481 e. The van der Waals surface area contributed by atoms with Gasteiger partial charge in [0, 0.05) is 4.47 Å². The summed E-state index contributed by atoms with van der Waals surface area (Å²) >= 11 is 3.04. The van der Waals surface area contributed by atoms with Crippen molar-refractivity contribution >= 4 is 33.8 Å². The molecule has 0 saturated carbocycles. The summed E-state index contributed by atoms with van der Waals surface area (Å²) in [6.07, 6.45) is -0.795. The third-order valence-electron chi connectivity index (χ3n) is 2.16. The van der Waals surface area contributed by atoms with Gasteiger partial charge in [-0.15, -0.1) is 0 Å². The van der Waals surface area contributed by atoms with Gasteiger partial charge >= 0.3 is 11.9 Å². The van der Waals surface area contributed by atoms with Crippen LogP contribution in [-0.2, 0) is 9.59 Å². The van der Waals surface area contributed by atoms with E-state index in [1.54, 1.807) is 0 Å². The van der Waals surface area contributed by atoms with E-state index in [-0.39, 0.29) is 5.56 Å². The van der Waals surface area contributed by atoms with E-state index in [0.29, 0.717) is 4.47 Å². The fourth-order valence-electron chi connectivity index (χ4n) is 1.28. The Kier molecular flexibility index (Phi) is 4.99. The molecule has 1 rings (SSSR count). The van der Waals surface area contributed by atoms with Crippen molar-refractivity contribution in [2.24, 2.45) is 0 Å². The molecule has 0 saturated heterocycles. The average molecular weight is 334 g/mol. The van der Waals surface area contributed by atoms with Crippen LogP contribution in [0.4, 0.5) is 4.39 Å². The van der Waals surface area contributed by atoms with Gasteiger partial charge in [0.25, 0.3) is 5.91 Å². The SMILES string of the molecule is O=C(O)CC(NC(=O)c1cc(Br)ccc1F)C(=O)O. The topological polar surface area (TPSA) is 104 Å². The molecule has 0 bridgehead atoms. The second-order valence-corrected chi connectivity index (χ2v) is 4.50. The van der Waals surface area contributed by atoms with Gasteiger partial charge in [-0.1, -0.05) is 15.9 Å². The predicted octanol–water partition coefficient (Wildman–Crippen LogP) is 1.25. The zero-order valence-electron chi connectivity index (χ0n) is 9.39. The number of hydrogen-bond donors (Lipinski definition) is 3. The van der Waals surface area contributed by atoms with E-state index in [4.69, 9.17) is 10.2 Å². The summed E-state index contributed by atoms with van der Waals surface area (Å²) in [4.78, 5) is 32.9. The van der Waals surface area contributed by atoms with Gasteiger partial charge < -0.3 is 15.5 Å². The first kappa shape index (κ1) is 15.1. The lowest BCUT2D eigenvalue weighted by Gasteiger charge is -2.12. The molecule has 0 fully saturated rings. The standard InChI is InChI=1S/C11H9BrFNO5/c12-5-1-2-7(13)6(3-5)10(17)14-8(11(18)19)4-9(15)16/h1-3,8H,4H2,(H,14,17)(H,15,16)(H,18,19). The van der Waals surface area contributed by atoms with Gasteiger partial charge in [-0.05, 0) is 18.2 Å². The molecule has 1 amide bonds. The molecule has 0 spiro atoms. The molecule has 19 heavy (non-hydrogen) atoms. The Balaban J connectivity index is 2.90. The van der Waals surface area contributed by atoms with E-state index >= 15 is 0 Å². The van der Waals surface area contributed by atoms with Crippen LogP contribution in [0.2, 0.25) is 0 Å². The minimum atomic E-state index is -1.62. The van der Waals surface area contributed by atoms with Crippen molar-refractivity contribution in [2.75, 3.05) is 0 Å². The third kappa shape index (κ3) is 4.32. The van der Waals surface area contributed by atoms with Gasteiger partial charge in [0.05, 0.1) is 12.0 Å². The molecule has 1 unspecified atom stereocenters. The average Bonchev–Trinajstić information content (AvgIpc) is 2.30. The van der Waals surface area contributed by atoms with Crippen molar-refractivity contribution in [3.63, 3.8) is 0 Å². The highest BCUT2D eigenvalue weighted by molar-refractivity contribution is 9.10. The highest BCUT2D eigenvalue weighted by Crippen LogP contribution is 2.15. The second-order valence-electron chi connectivity index (χ2n) is 3.59. The van der Waals surface area contributed by atoms with Gasteiger partial charge in [-0.2, -0.15) is 0 Å². The summed E-state index contributed by atoms with van der Waals surface area (Å²) in [5, 5.41) is 19.2. The summed E-state index contributed by atoms with van der Waals surface area (Å²) < 4.78 is 13.8. The molecule has 0 aliphatic rings. The molecular formula is C11H9BrFNO5. The minimum Gasteiger partial charge on any atom is -0.481 e. The van der Waals surface area contributed by atoms with Crippen LogP contribution in [0.15, 0.2) is 22.7 Å². The predicted molar refractivity (Wildman–Crippen MR) is 65.2 cm³/mol. The summed E-state index contributed by atoms with van der Waals surface area (Å²) in [6.45, 7) is 0. The number of hydrogen-bond acceptors (Lipinski definition) is 3. The molecular weight excluding hydrogens is 325 g/mol. The van der Waals surface area contributed by atoms with Crippen LogP contribution in [0, 0.1) is 5.82 Å². The smallest absolute Gasteiger partial charge is 0.326 e. The molecule has 3 N–H and O–H groups in total. The number of benzene rings is 1. The lowest BCUT2D eigenvalue weighted by molar-refractivity contribution is -0.145. The summed E-state index contributed by atoms with van der Waals surface area (Å²) in [7, 11) is 0. The highest BCUT2D eigenvalue weighted by atomic mass is 79.9. The van der Waals surface area contributed by atoms with E-state index in [9.17, 15) is 18.8 Å². The molecule has 0 aliphatic carbocycles. The highest BCUT2D eigenvalue weighted by Gasteiger charge is 2.24. The molecule has 8 heteroatoms. The third-order valence-corrected chi connectivity index (χ3v) is 2.65. The number of amides is 1. The van der Waals surface area contributed by atoms with Gasteiger partial charge in [-0.25, -0.2) is 9.18 Å². The van der Waals surface area contributed by atoms with Crippen molar-refractivity contribution in [1.82, 2.24) is 5.32 Å². The monoisotopic (exact) mass is 333 g/mol. The van der Waals surface area contributed by atoms with Crippen molar-refractivity contribution < 1.29 is 29.0 Å². The molecule has 6 nitrogen and oxygen atoms in total. The van der Waals surface area contributed by atoms with E-state index in [1.165, 1.54) is 12.1 Å². The Morgan fingerprint density at radius 3 is 2.47 bits per heavy atom. The molecule has 1 aromatic rings.